The van der Waals surface area contributed by atoms with Crippen molar-refractivity contribution in [2.45, 2.75) is 17.6 Å². The number of benzene rings is 2. The summed E-state index contributed by atoms with van der Waals surface area (Å²) in [6.07, 6.45) is 1.59. The lowest BCUT2D eigenvalue weighted by Crippen LogP contribution is -2.17. The first-order valence-electron chi connectivity index (χ1n) is 7.60. The Kier molecular flexibility index (Phi) is 6.16. The van der Waals surface area contributed by atoms with Crippen LogP contribution in [0.15, 0.2) is 60.0 Å². The minimum Gasteiger partial charge on any atom is -0.265 e. The molecule has 0 saturated carbocycles. The van der Waals surface area contributed by atoms with Crippen LogP contribution in [0.1, 0.15) is 16.7 Å². The maximum absolute atomic E-state index is 12.2. The molecule has 7 heteroatoms. The third kappa shape index (κ3) is 5.52. The van der Waals surface area contributed by atoms with Gasteiger partial charge in [0.05, 0.1) is 23.0 Å². The van der Waals surface area contributed by atoms with Gasteiger partial charge in [-0.05, 0) is 30.2 Å². The number of hydrogen-bond donors (Lipinski definition) is 0. The van der Waals surface area contributed by atoms with Crippen LogP contribution in [0.4, 0.5) is 0 Å². The molecule has 0 atom stereocenters. The van der Waals surface area contributed by atoms with E-state index in [0.29, 0.717) is 5.56 Å². The lowest BCUT2D eigenvalue weighted by Gasteiger charge is -2.09. The van der Waals surface area contributed by atoms with E-state index in [1.165, 1.54) is 12.1 Å². The lowest BCUT2D eigenvalue weighted by atomic mass is 10.1. The van der Waals surface area contributed by atoms with Crippen LogP contribution in [0.2, 0.25) is 0 Å². The van der Waals surface area contributed by atoms with E-state index in [0.717, 1.165) is 11.1 Å². The van der Waals surface area contributed by atoms with Crippen LogP contribution in [0.25, 0.3) is 6.08 Å². The summed E-state index contributed by atoms with van der Waals surface area (Å²) in [5.41, 5.74) is 2.28. The van der Waals surface area contributed by atoms with Crippen LogP contribution in [0, 0.1) is 6.92 Å². The summed E-state index contributed by atoms with van der Waals surface area (Å²) >= 11 is 0. The quantitative estimate of drug-likeness (QED) is 0.658. The Bertz CT molecular complexity index is 943. The van der Waals surface area contributed by atoms with Crippen molar-refractivity contribution in [3.8, 4) is 0 Å². The molecule has 0 aliphatic carbocycles. The van der Waals surface area contributed by atoms with Crippen molar-refractivity contribution in [2.24, 2.45) is 0 Å². The molecule has 25 heavy (non-hydrogen) atoms. The highest BCUT2D eigenvalue weighted by Gasteiger charge is 2.18. The summed E-state index contributed by atoms with van der Waals surface area (Å²) in [5.74, 6) is -0.577. The fourth-order valence-corrected chi connectivity index (χ4v) is 4.45. The Morgan fingerprint density at radius 2 is 1.64 bits per heavy atom. The second-order valence-electron chi connectivity index (χ2n) is 5.58. The van der Waals surface area contributed by atoms with Crippen molar-refractivity contribution in [1.82, 2.24) is 0 Å². The van der Waals surface area contributed by atoms with Gasteiger partial charge in [0, 0.05) is 0 Å². The van der Waals surface area contributed by atoms with E-state index in [1.54, 1.807) is 42.5 Å². The first-order chi connectivity index (χ1) is 11.7. The van der Waals surface area contributed by atoms with E-state index in [2.05, 4.69) is 6.58 Å². The van der Waals surface area contributed by atoms with Crippen molar-refractivity contribution in [2.75, 3.05) is 12.4 Å². The highest BCUT2D eigenvalue weighted by atomic mass is 32.2. The van der Waals surface area contributed by atoms with Crippen LogP contribution in [-0.2, 0) is 29.9 Å². The van der Waals surface area contributed by atoms with Gasteiger partial charge in [0.15, 0.2) is 9.84 Å². The maximum Gasteiger partial charge on any atom is 0.297 e. The van der Waals surface area contributed by atoms with Gasteiger partial charge in [-0.25, -0.2) is 8.42 Å². The van der Waals surface area contributed by atoms with Gasteiger partial charge in [-0.1, -0.05) is 54.6 Å². The fraction of sp³-hybridized carbons (Fsp3) is 0.222. The molecule has 0 heterocycles. The van der Waals surface area contributed by atoms with E-state index in [1.807, 2.05) is 6.92 Å². The Hall–Kier alpha value is -1.96. The lowest BCUT2D eigenvalue weighted by molar-refractivity contribution is 0.338. The van der Waals surface area contributed by atoms with Gasteiger partial charge < -0.3 is 0 Å². The average Bonchev–Trinajstić information content (AvgIpc) is 2.55. The smallest absolute Gasteiger partial charge is 0.265 e. The van der Waals surface area contributed by atoms with Gasteiger partial charge in [-0.15, -0.1) is 0 Å². The fourth-order valence-electron chi connectivity index (χ4n) is 2.22. The summed E-state index contributed by atoms with van der Waals surface area (Å²) in [4.78, 5) is 0.00695. The van der Waals surface area contributed by atoms with Gasteiger partial charge in [0.2, 0.25) is 0 Å². The zero-order valence-electron chi connectivity index (χ0n) is 13.9. The molecule has 0 spiro atoms. The molecule has 5 nitrogen and oxygen atoms in total. The molecule has 0 unspecified atom stereocenters. The third-order valence-electron chi connectivity index (χ3n) is 3.59. The molecule has 0 aliphatic rings. The van der Waals surface area contributed by atoms with E-state index in [4.69, 9.17) is 4.18 Å². The van der Waals surface area contributed by atoms with Gasteiger partial charge >= 0.3 is 0 Å². The van der Waals surface area contributed by atoms with Crippen molar-refractivity contribution in [1.29, 1.82) is 0 Å². The minimum absolute atomic E-state index is 0.00695. The first-order valence-corrected chi connectivity index (χ1v) is 10.8. The molecule has 2 aromatic carbocycles. The summed E-state index contributed by atoms with van der Waals surface area (Å²) in [5, 5.41) is 0. The zero-order valence-corrected chi connectivity index (χ0v) is 15.5. The standard InChI is InChI=1S/C18H20O5S2/c1-3-16-6-4-5-7-17(16)14-24(19,20)13-12-23-25(21,22)18-10-8-15(2)9-11-18/h3-11H,1,12-14H2,2H3. The first kappa shape index (κ1) is 19.4. The Balaban J connectivity index is 2.00. The van der Waals surface area contributed by atoms with Crippen LogP contribution < -0.4 is 0 Å². The van der Waals surface area contributed by atoms with Gasteiger partial charge in [-0.3, -0.25) is 4.18 Å². The highest BCUT2D eigenvalue weighted by molar-refractivity contribution is 7.90. The van der Waals surface area contributed by atoms with E-state index >= 15 is 0 Å². The topological polar surface area (TPSA) is 77.5 Å². The zero-order chi connectivity index (χ0) is 18.5. The molecule has 0 bridgehead atoms. The molecule has 0 fully saturated rings. The molecule has 134 valence electrons. The molecule has 0 aromatic heterocycles. The molecule has 0 saturated heterocycles. The summed E-state index contributed by atoms with van der Waals surface area (Å²) in [6.45, 7) is 5.07. The van der Waals surface area contributed by atoms with Gasteiger partial charge in [0.25, 0.3) is 10.1 Å². The van der Waals surface area contributed by atoms with Crippen molar-refractivity contribution in [3.63, 3.8) is 0 Å². The normalized spacial score (nSPS) is 12.0. The van der Waals surface area contributed by atoms with Crippen molar-refractivity contribution >= 4 is 26.0 Å². The maximum atomic E-state index is 12.2. The van der Waals surface area contributed by atoms with Crippen LogP contribution >= 0.6 is 0 Å². The predicted molar refractivity (Wildman–Crippen MR) is 98.3 cm³/mol. The van der Waals surface area contributed by atoms with Crippen LogP contribution in [-0.4, -0.2) is 29.2 Å². The molecule has 0 aliphatic heterocycles. The third-order valence-corrected chi connectivity index (χ3v) is 6.46. The molecular weight excluding hydrogens is 360 g/mol. The Morgan fingerprint density at radius 3 is 2.28 bits per heavy atom. The number of aryl methyl sites for hydroxylation is 1. The molecule has 2 rings (SSSR count). The van der Waals surface area contributed by atoms with E-state index in [-0.39, 0.29) is 16.4 Å². The van der Waals surface area contributed by atoms with E-state index < -0.39 is 26.6 Å². The predicted octanol–water partition coefficient (Wildman–Crippen LogP) is 2.96. The van der Waals surface area contributed by atoms with Gasteiger partial charge in [0.1, 0.15) is 0 Å². The monoisotopic (exact) mass is 380 g/mol. The Labute approximate surface area is 149 Å². The van der Waals surface area contributed by atoms with Gasteiger partial charge in [-0.2, -0.15) is 8.42 Å². The number of sulfone groups is 1. The molecule has 2 aromatic rings. The highest BCUT2D eigenvalue weighted by Crippen LogP contribution is 2.16. The largest absolute Gasteiger partial charge is 0.297 e. The number of rotatable bonds is 8. The summed E-state index contributed by atoms with van der Waals surface area (Å²) < 4.78 is 53.4. The molecule has 0 amide bonds. The average molecular weight is 380 g/mol. The molecular formula is C18H20O5S2. The summed E-state index contributed by atoms with van der Waals surface area (Å²) in [7, 11) is -7.48. The summed E-state index contributed by atoms with van der Waals surface area (Å²) in [6, 6.07) is 13.2. The molecule has 0 N–H and O–H groups in total. The second-order valence-corrected chi connectivity index (χ2v) is 9.38. The SMILES string of the molecule is C=Cc1ccccc1CS(=O)(=O)CCOS(=O)(=O)c1ccc(C)cc1. The van der Waals surface area contributed by atoms with E-state index in [9.17, 15) is 16.8 Å². The second kappa shape index (κ2) is 7.95. The van der Waals surface area contributed by atoms with Crippen molar-refractivity contribution in [3.05, 3.63) is 71.8 Å². The van der Waals surface area contributed by atoms with Crippen molar-refractivity contribution < 1.29 is 21.0 Å². The minimum atomic E-state index is -3.97. The van der Waals surface area contributed by atoms with Crippen LogP contribution in [0.3, 0.4) is 0 Å². The Morgan fingerprint density at radius 1 is 1.00 bits per heavy atom. The molecule has 0 radical (unpaired) electrons. The number of hydrogen-bond acceptors (Lipinski definition) is 5. The van der Waals surface area contributed by atoms with Crippen LogP contribution in [0.5, 0.6) is 0 Å².